The Kier molecular flexibility index (Phi) is 1.66. The zero-order valence-electron chi connectivity index (χ0n) is 7.20. The summed E-state index contributed by atoms with van der Waals surface area (Å²) in [7, 11) is 0. The Labute approximate surface area is 89.4 Å². The molecule has 3 rings (SSSR count). The molecule has 1 fully saturated rings. The molecule has 0 bridgehead atoms. The van der Waals surface area contributed by atoms with Crippen molar-refractivity contribution in [2.24, 2.45) is 0 Å². The maximum absolute atomic E-state index is 6.24. The van der Waals surface area contributed by atoms with Gasteiger partial charge in [-0.05, 0) is 12.8 Å². The van der Waals surface area contributed by atoms with Crippen LogP contribution in [0.25, 0.3) is 10.8 Å². The van der Waals surface area contributed by atoms with E-state index < -0.39 is 0 Å². The van der Waals surface area contributed by atoms with Crippen LogP contribution in [-0.2, 0) is 4.87 Å². The van der Waals surface area contributed by atoms with Gasteiger partial charge in [-0.3, -0.25) is 5.10 Å². The smallest absolute Gasteiger partial charge is 0.184 e. The number of aromatic amines is 1. The van der Waals surface area contributed by atoms with Crippen molar-refractivity contribution in [3.63, 3.8) is 0 Å². The Balaban J connectivity index is 1.98. The van der Waals surface area contributed by atoms with Crippen LogP contribution < -0.4 is 0 Å². The predicted octanol–water partition coefficient (Wildman–Crippen LogP) is 2.16. The molecule has 0 aromatic carbocycles. The number of rotatable bonds is 2. The molecule has 1 N–H and O–H groups in total. The second-order valence-corrected chi connectivity index (χ2v) is 4.92. The second-order valence-electron chi connectivity index (χ2n) is 3.34. The number of H-pyrrole nitrogens is 1. The van der Waals surface area contributed by atoms with Crippen molar-refractivity contribution in [3.8, 4) is 10.8 Å². The molecule has 1 aliphatic carbocycles. The fraction of sp³-hybridized carbons (Fsp3) is 0.375. The molecule has 0 saturated heterocycles. The number of halogens is 1. The molecule has 0 amide bonds. The number of nitrogens with one attached hydrogen (secondary N) is 1. The quantitative estimate of drug-likeness (QED) is 0.799. The van der Waals surface area contributed by atoms with Crippen LogP contribution in [0.1, 0.15) is 18.5 Å². The number of aromatic nitrogens is 4. The number of alkyl halides is 1. The highest BCUT2D eigenvalue weighted by Crippen LogP contribution is 2.52. The van der Waals surface area contributed by atoms with Crippen molar-refractivity contribution < 1.29 is 0 Å². The zero-order valence-corrected chi connectivity index (χ0v) is 8.77. The number of nitrogens with zero attached hydrogens (tertiary/aromatic N) is 3. The monoisotopic (exact) mass is 226 g/mol. The largest absolute Gasteiger partial charge is 0.257 e. The van der Waals surface area contributed by atoms with Gasteiger partial charge in [-0.15, -0.1) is 22.9 Å². The van der Waals surface area contributed by atoms with Gasteiger partial charge in [0.05, 0.1) is 10.6 Å². The molecule has 2 heterocycles. The van der Waals surface area contributed by atoms with Gasteiger partial charge in [0.2, 0.25) is 0 Å². The zero-order chi connectivity index (χ0) is 9.60. The Morgan fingerprint density at radius 1 is 1.50 bits per heavy atom. The topological polar surface area (TPSA) is 54.5 Å². The minimum atomic E-state index is -0.186. The predicted molar refractivity (Wildman–Crippen MR) is 54.3 cm³/mol. The molecule has 0 atom stereocenters. The molecule has 0 unspecified atom stereocenters. The van der Waals surface area contributed by atoms with Gasteiger partial charge in [-0.1, -0.05) is 0 Å². The summed E-state index contributed by atoms with van der Waals surface area (Å²) in [4.78, 5) is 8.29. The van der Waals surface area contributed by atoms with E-state index in [-0.39, 0.29) is 4.87 Å². The average Bonchev–Trinajstić information content (AvgIpc) is 2.73. The first kappa shape index (κ1) is 8.38. The molecule has 72 valence electrons. The maximum atomic E-state index is 6.24. The van der Waals surface area contributed by atoms with Gasteiger partial charge in [0.25, 0.3) is 0 Å². The highest BCUT2D eigenvalue weighted by atomic mass is 35.5. The van der Waals surface area contributed by atoms with Crippen LogP contribution in [0, 0.1) is 0 Å². The van der Waals surface area contributed by atoms with Crippen LogP contribution in [0.4, 0.5) is 0 Å². The summed E-state index contributed by atoms with van der Waals surface area (Å²) in [6.07, 6.45) is 3.52. The highest BCUT2D eigenvalue weighted by molar-refractivity contribution is 7.13. The first-order chi connectivity index (χ1) is 6.78. The first-order valence-corrected chi connectivity index (χ1v) is 5.54. The van der Waals surface area contributed by atoms with Crippen LogP contribution in [0.5, 0.6) is 0 Å². The lowest BCUT2D eigenvalue weighted by Crippen LogP contribution is -1.95. The van der Waals surface area contributed by atoms with Crippen LogP contribution in [0.3, 0.4) is 0 Å². The van der Waals surface area contributed by atoms with Crippen molar-refractivity contribution >= 4 is 22.9 Å². The molecule has 6 heteroatoms. The minimum absolute atomic E-state index is 0.186. The van der Waals surface area contributed by atoms with Gasteiger partial charge in [-0.2, -0.15) is 5.10 Å². The van der Waals surface area contributed by atoms with E-state index in [1.165, 1.54) is 6.33 Å². The molecule has 14 heavy (non-hydrogen) atoms. The summed E-state index contributed by atoms with van der Waals surface area (Å²) < 4.78 is 0. The van der Waals surface area contributed by atoms with Crippen LogP contribution in [-0.4, -0.2) is 20.2 Å². The summed E-state index contributed by atoms with van der Waals surface area (Å²) in [6.45, 7) is 0. The maximum Gasteiger partial charge on any atom is 0.184 e. The molecule has 4 nitrogen and oxygen atoms in total. The summed E-state index contributed by atoms with van der Waals surface area (Å²) >= 11 is 7.79. The Bertz CT molecular complexity index is 446. The van der Waals surface area contributed by atoms with Crippen molar-refractivity contribution in [3.05, 3.63) is 17.4 Å². The van der Waals surface area contributed by atoms with E-state index >= 15 is 0 Å². The summed E-state index contributed by atoms with van der Waals surface area (Å²) in [5, 5.41) is 9.41. The van der Waals surface area contributed by atoms with E-state index in [4.69, 9.17) is 11.6 Å². The highest BCUT2D eigenvalue weighted by Gasteiger charge is 2.44. The van der Waals surface area contributed by atoms with E-state index in [2.05, 4.69) is 20.2 Å². The molecule has 2 aromatic heterocycles. The third kappa shape index (κ3) is 1.24. The van der Waals surface area contributed by atoms with Crippen molar-refractivity contribution in [2.75, 3.05) is 0 Å². The van der Waals surface area contributed by atoms with Crippen LogP contribution >= 0.6 is 22.9 Å². The molecular formula is C8H7ClN4S. The van der Waals surface area contributed by atoms with E-state index in [0.29, 0.717) is 5.82 Å². The Morgan fingerprint density at radius 2 is 2.36 bits per heavy atom. The molecule has 1 saturated carbocycles. The molecule has 0 aliphatic heterocycles. The molecule has 1 aliphatic rings. The van der Waals surface area contributed by atoms with Gasteiger partial charge in [0.1, 0.15) is 6.33 Å². The Hall–Kier alpha value is -0.940. The molecule has 2 aromatic rings. The first-order valence-electron chi connectivity index (χ1n) is 4.29. The van der Waals surface area contributed by atoms with E-state index in [1.807, 2.05) is 5.38 Å². The van der Waals surface area contributed by atoms with Gasteiger partial charge in [-0.25, -0.2) is 9.97 Å². The fourth-order valence-electron chi connectivity index (χ4n) is 1.26. The lowest BCUT2D eigenvalue weighted by molar-refractivity contribution is 0.955. The summed E-state index contributed by atoms with van der Waals surface area (Å²) in [6, 6.07) is 0. The average molecular weight is 227 g/mol. The minimum Gasteiger partial charge on any atom is -0.257 e. The number of thiazole rings is 1. The van der Waals surface area contributed by atoms with E-state index in [0.717, 1.165) is 23.5 Å². The van der Waals surface area contributed by atoms with Crippen LogP contribution in [0.2, 0.25) is 0 Å². The number of hydrogen-bond donors (Lipinski definition) is 1. The third-order valence-corrected chi connectivity index (χ3v) is 3.69. The van der Waals surface area contributed by atoms with Gasteiger partial charge in [0.15, 0.2) is 10.8 Å². The van der Waals surface area contributed by atoms with E-state index in [9.17, 15) is 0 Å². The SMILES string of the molecule is ClC1(c2csc(-c3ncn[nH]3)n2)CC1. The lowest BCUT2D eigenvalue weighted by atomic mass is 10.3. The van der Waals surface area contributed by atoms with Gasteiger partial charge >= 0.3 is 0 Å². The lowest BCUT2D eigenvalue weighted by Gasteiger charge is -1.97. The van der Waals surface area contributed by atoms with Crippen molar-refractivity contribution in [1.29, 1.82) is 0 Å². The molecular weight excluding hydrogens is 220 g/mol. The molecule has 0 spiro atoms. The van der Waals surface area contributed by atoms with Gasteiger partial charge in [0, 0.05) is 5.38 Å². The molecule has 0 radical (unpaired) electrons. The summed E-state index contributed by atoms with van der Waals surface area (Å²) in [5.41, 5.74) is 0.968. The van der Waals surface area contributed by atoms with Gasteiger partial charge < -0.3 is 0 Å². The van der Waals surface area contributed by atoms with Crippen molar-refractivity contribution in [2.45, 2.75) is 17.7 Å². The van der Waals surface area contributed by atoms with E-state index in [1.54, 1.807) is 11.3 Å². The fourth-order valence-corrected chi connectivity index (χ4v) is 2.38. The number of hydrogen-bond acceptors (Lipinski definition) is 4. The normalized spacial score (nSPS) is 18.4. The van der Waals surface area contributed by atoms with Crippen LogP contribution in [0.15, 0.2) is 11.7 Å². The standard InChI is InChI=1S/C8H7ClN4S/c9-8(1-2-8)5-3-14-7(12-5)6-10-4-11-13-6/h3-4H,1-2H2,(H,10,11,13). The Morgan fingerprint density at radius 3 is 3.00 bits per heavy atom. The van der Waals surface area contributed by atoms with Crippen molar-refractivity contribution in [1.82, 2.24) is 20.2 Å². The second kappa shape index (κ2) is 2.77. The third-order valence-electron chi connectivity index (χ3n) is 2.27. The summed E-state index contributed by atoms with van der Waals surface area (Å²) in [5.74, 6) is 0.710.